The Hall–Kier alpha value is -3.68. The predicted molar refractivity (Wildman–Crippen MR) is 164 cm³/mol. The highest BCUT2D eigenvalue weighted by Gasteiger charge is 2.37. The van der Waals surface area contributed by atoms with E-state index in [1.165, 1.54) is 29.4 Å². The van der Waals surface area contributed by atoms with Gasteiger partial charge < -0.3 is 30.5 Å². The van der Waals surface area contributed by atoms with Crippen molar-refractivity contribution in [2.45, 2.75) is 71.0 Å². The average Bonchev–Trinajstić information content (AvgIpc) is 3.42. The van der Waals surface area contributed by atoms with E-state index in [0.29, 0.717) is 11.5 Å². The third-order valence-corrected chi connectivity index (χ3v) is 8.79. The molecule has 12 nitrogen and oxygen atoms in total. The third-order valence-electron chi connectivity index (χ3n) is 6.96. The Balaban J connectivity index is 1.89. The van der Waals surface area contributed by atoms with Gasteiger partial charge in [-0.25, -0.2) is 8.42 Å². The zero-order valence-corrected chi connectivity index (χ0v) is 26.9. The van der Waals surface area contributed by atoms with Crippen LogP contribution in [0.25, 0.3) is 0 Å². The summed E-state index contributed by atoms with van der Waals surface area (Å²) < 4.78 is 39.6. The quantitative estimate of drug-likeness (QED) is 0.245. The summed E-state index contributed by atoms with van der Waals surface area (Å²) in [5, 5.41) is 19.5. The van der Waals surface area contributed by atoms with Crippen molar-refractivity contribution >= 4 is 27.7 Å². The maximum Gasteiger partial charge on any atom is 0.243 e. The van der Waals surface area contributed by atoms with Crippen LogP contribution in [0.1, 0.15) is 47.1 Å². The SMILES string of the molecule is CC(=O)NCC(=O)N[C@H](C(=O)N[C@@H](Cc1ccccc1)[C@H](O)CN(CC(C)C)S(=O)(=O)c1ccc2c(c1)OCO2)C(C)(C)C. The largest absolute Gasteiger partial charge is 0.454 e. The van der Waals surface area contributed by atoms with Crippen LogP contribution >= 0.6 is 0 Å². The normalized spacial score (nSPS) is 15.0. The Labute approximate surface area is 259 Å². The van der Waals surface area contributed by atoms with E-state index in [-0.39, 0.29) is 49.6 Å². The fourth-order valence-corrected chi connectivity index (χ4v) is 6.35. The molecule has 0 radical (unpaired) electrons. The van der Waals surface area contributed by atoms with Gasteiger partial charge in [0.15, 0.2) is 11.5 Å². The van der Waals surface area contributed by atoms with E-state index in [9.17, 15) is 27.9 Å². The minimum Gasteiger partial charge on any atom is -0.454 e. The molecule has 3 amide bonds. The van der Waals surface area contributed by atoms with Gasteiger partial charge in [-0.05, 0) is 35.4 Å². The van der Waals surface area contributed by atoms with Gasteiger partial charge in [0.05, 0.1) is 23.6 Å². The van der Waals surface area contributed by atoms with E-state index in [0.717, 1.165) is 5.56 Å². The molecule has 1 aliphatic rings. The average molecular weight is 633 g/mol. The summed E-state index contributed by atoms with van der Waals surface area (Å²) in [5.41, 5.74) is 0.0813. The number of hydrogen-bond acceptors (Lipinski definition) is 8. The lowest BCUT2D eigenvalue weighted by Gasteiger charge is -2.34. The van der Waals surface area contributed by atoms with E-state index < -0.39 is 45.4 Å². The van der Waals surface area contributed by atoms with Crippen molar-refractivity contribution in [3.8, 4) is 11.5 Å². The summed E-state index contributed by atoms with van der Waals surface area (Å²) in [7, 11) is -4.08. The Morgan fingerprint density at radius 2 is 1.64 bits per heavy atom. The highest BCUT2D eigenvalue weighted by molar-refractivity contribution is 7.89. The maximum absolute atomic E-state index is 13.8. The van der Waals surface area contributed by atoms with Crippen LogP contribution in [0.5, 0.6) is 11.5 Å². The number of aliphatic hydroxyl groups excluding tert-OH is 1. The van der Waals surface area contributed by atoms with Crippen LogP contribution in [-0.4, -0.2) is 80.2 Å². The van der Waals surface area contributed by atoms with Crippen molar-refractivity contribution < 1.29 is 37.4 Å². The Bertz CT molecular complexity index is 1410. The second-order valence-corrected chi connectivity index (χ2v) is 14.3. The molecular weight excluding hydrogens is 588 g/mol. The maximum atomic E-state index is 13.8. The second-order valence-electron chi connectivity index (χ2n) is 12.4. The van der Waals surface area contributed by atoms with Crippen LogP contribution in [0.4, 0.5) is 0 Å². The zero-order valence-electron chi connectivity index (χ0n) is 26.1. The number of sulfonamides is 1. The number of nitrogens with zero attached hydrogens (tertiary/aromatic N) is 1. The van der Waals surface area contributed by atoms with Gasteiger partial charge in [0.25, 0.3) is 0 Å². The summed E-state index contributed by atoms with van der Waals surface area (Å²) in [6.45, 7) is 9.87. The highest BCUT2D eigenvalue weighted by Crippen LogP contribution is 2.35. The number of carbonyl (C=O) groups excluding carboxylic acids is 3. The fourth-order valence-electron chi connectivity index (χ4n) is 4.71. The van der Waals surface area contributed by atoms with Crippen LogP contribution < -0.4 is 25.4 Å². The predicted octanol–water partition coefficient (Wildman–Crippen LogP) is 1.82. The smallest absolute Gasteiger partial charge is 0.243 e. The van der Waals surface area contributed by atoms with Crippen molar-refractivity contribution in [2.75, 3.05) is 26.4 Å². The van der Waals surface area contributed by atoms with Crippen LogP contribution in [-0.2, 0) is 30.8 Å². The molecule has 0 bridgehead atoms. The number of benzene rings is 2. The monoisotopic (exact) mass is 632 g/mol. The number of amides is 3. The molecule has 0 unspecified atom stereocenters. The van der Waals surface area contributed by atoms with Crippen molar-refractivity contribution in [3.63, 3.8) is 0 Å². The molecule has 2 aromatic rings. The van der Waals surface area contributed by atoms with Crippen molar-refractivity contribution in [1.29, 1.82) is 0 Å². The molecule has 2 aromatic carbocycles. The number of nitrogens with one attached hydrogen (secondary N) is 3. The molecule has 44 heavy (non-hydrogen) atoms. The molecule has 3 rings (SSSR count). The first-order valence-electron chi connectivity index (χ1n) is 14.5. The molecular formula is C31H44N4O8S. The van der Waals surface area contributed by atoms with Crippen LogP contribution in [0, 0.1) is 11.3 Å². The molecule has 0 fully saturated rings. The molecule has 0 aromatic heterocycles. The lowest BCUT2D eigenvalue weighted by molar-refractivity contribution is -0.132. The minimum absolute atomic E-state index is 0.00260. The summed E-state index contributed by atoms with van der Waals surface area (Å²) in [5.74, 6) is -0.792. The molecule has 3 atom stereocenters. The van der Waals surface area contributed by atoms with Gasteiger partial charge in [0.2, 0.25) is 34.5 Å². The number of aliphatic hydroxyl groups is 1. The molecule has 0 aliphatic carbocycles. The standard InChI is InChI=1S/C31H44N4O8S/c1-20(2)17-35(44(40,41)23-12-13-26-27(15-23)43-19-42-26)18-25(37)24(14-22-10-8-7-9-11-22)33-30(39)29(31(4,5)6)34-28(38)16-32-21(3)36/h7-13,15,20,24-25,29,37H,14,16-19H2,1-6H3,(H,32,36)(H,33,39)(H,34,38)/t24-,25+,29+/m0/s1. The van der Waals surface area contributed by atoms with E-state index in [2.05, 4.69) is 16.0 Å². The second kappa shape index (κ2) is 14.9. The summed E-state index contributed by atoms with van der Waals surface area (Å²) in [4.78, 5) is 37.5. The van der Waals surface area contributed by atoms with E-state index in [1.54, 1.807) is 20.8 Å². The number of rotatable bonds is 14. The van der Waals surface area contributed by atoms with Gasteiger partial charge in [-0.3, -0.25) is 14.4 Å². The minimum atomic E-state index is -4.08. The summed E-state index contributed by atoms with van der Waals surface area (Å²) >= 11 is 0. The van der Waals surface area contributed by atoms with Crippen LogP contribution in [0.2, 0.25) is 0 Å². The van der Waals surface area contributed by atoms with Crippen LogP contribution in [0.3, 0.4) is 0 Å². The summed E-state index contributed by atoms with van der Waals surface area (Å²) in [6.07, 6.45) is -1.12. The van der Waals surface area contributed by atoms with Gasteiger partial charge in [-0.1, -0.05) is 65.0 Å². The van der Waals surface area contributed by atoms with Gasteiger partial charge in [0.1, 0.15) is 6.04 Å². The first-order valence-corrected chi connectivity index (χ1v) is 16.0. The molecule has 1 heterocycles. The van der Waals surface area contributed by atoms with Crippen molar-refractivity contribution in [3.05, 3.63) is 54.1 Å². The topological polar surface area (TPSA) is 163 Å². The number of fused-ring (bicyclic) bond motifs is 1. The van der Waals surface area contributed by atoms with Gasteiger partial charge in [0, 0.05) is 26.1 Å². The third kappa shape index (κ3) is 9.66. The highest BCUT2D eigenvalue weighted by atomic mass is 32.2. The molecule has 0 saturated carbocycles. The Kier molecular flexibility index (Phi) is 11.8. The number of hydrogen-bond donors (Lipinski definition) is 4. The van der Waals surface area contributed by atoms with Crippen molar-refractivity contribution in [1.82, 2.24) is 20.3 Å². The molecule has 0 spiro atoms. The summed E-state index contributed by atoms with van der Waals surface area (Å²) in [6, 6.07) is 11.6. The van der Waals surface area contributed by atoms with E-state index in [4.69, 9.17) is 9.47 Å². The first-order chi connectivity index (χ1) is 20.6. The first kappa shape index (κ1) is 34.8. The fraction of sp³-hybridized carbons (Fsp3) is 0.516. The van der Waals surface area contributed by atoms with Crippen LogP contribution in [0.15, 0.2) is 53.4 Å². The molecule has 1 aliphatic heterocycles. The molecule has 0 saturated heterocycles. The zero-order chi connectivity index (χ0) is 32.7. The van der Waals surface area contributed by atoms with Gasteiger partial charge in [-0.15, -0.1) is 0 Å². The lowest BCUT2D eigenvalue weighted by Crippen LogP contribution is -2.59. The number of carbonyl (C=O) groups is 3. The van der Waals surface area contributed by atoms with E-state index in [1.807, 2.05) is 44.2 Å². The van der Waals surface area contributed by atoms with Gasteiger partial charge in [-0.2, -0.15) is 4.31 Å². The number of ether oxygens (including phenoxy) is 2. The van der Waals surface area contributed by atoms with Crippen molar-refractivity contribution in [2.24, 2.45) is 11.3 Å². The van der Waals surface area contributed by atoms with Gasteiger partial charge >= 0.3 is 0 Å². The molecule has 242 valence electrons. The van der Waals surface area contributed by atoms with E-state index >= 15 is 0 Å². The lowest BCUT2D eigenvalue weighted by atomic mass is 9.85. The molecule has 13 heteroatoms. The molecule has 4 N–H and O–H groups in total. The Morgan fingerprint density at radius 1 is 0.977 bits per heavy atom. The Morgan fingerprint density at radius 3 is 2.25 bits per heavy atom.